The zero-order valence-electron chi connectivity index (χ0n) is 14.5. The summed E-state index contributed by atoms with van der Waals surface area (Å²) in [6, 6.07) is 5.65. The molecule has 0 fully saturated rings. The molecule has 2 N–H and O–H groups in total. The fourth-order valence-electron chi connectivity index (χ4n) is 2.55. The minimum absolute atomic E-state index is 0.349. The van der Waals surface area contributed by atoms with E-state index in [2.05, 4.69) is 25.3 Å². The Labute approximate surface area is 158 Å². The van der Waals surface area contributed by atoms with Crippen molar-refractivity contribution in [1.82, 2.24) is 9.55 Å². The maximum absolute atomic E-state index is 6.16. The second-order valence-electron chi connectivity index (χ2n) is 6.12. The smallest absolute Gasteiger partial charge is 0.111 e. The number of nitrogens with two attached hydrogens (primary N) is 1. The molecule has 0 aliphatic heterocycles. The molecular weight excluding hydrogens is 361 g/mol. The normalized spacial score (nSPS) is 11.5. The average Bonchev–Trinajstić information content (AvgIpc) is 2.82. The molecule has 6 heteroatoms. The molecule has 0 saturated carbocycles. The summed E-state index contributed by atoms with van der Waals surface area (Å²) >= 11 is 14.0. The first kappa shape index (κ1) is 19.6. The van der Waals surface area contributed by atoms with Crippen molar-refractivity contribution >= 4 is 35.0 Å². The summed E-state index contributed by atoms with van der Waals surface area (Å²) in [5.41, 5.74) is 6.91. The zero-order valence-corrected chi connectivity index (χ0v) is 16.8. The molecule has 24 heavy (non-hydrogen) atoms. The average molecular weight is 386 g/mol. The lowest BCUT2D eigenvalue weighted by atomic mass is 10.1. The van der Waals surface area contributed by atoms with Crippen molar-refractivity contribution in [1.29, 1.82) is 0 Å². The fourth-order valence-corrected chi connectivity index (χ4v) is 4.50. The summed E-state index contributed by atoms with van der Waals surface area (Å²) in [7, 11) is 0. The molecule has 0 saturated heterocycles. The highest BCUT2D eigenvalue weighted by Crippen LogP contribution is 2.37. The van der Waals surface area contributed by atoms with Crippen molar-refractivity contribution in [2.45, 2.75) is 62.4 Å². The van der Waals surface area contributed by atoms with Gasteiger partial charge in [0.25, 0.3) is 0 Å². The largest absolute Gasteiger partial charge is 0.330 e. The summed E-state index contributed by atoms with van der Waals surface area (Å²) in [6.45, 7) is 8.11. The Bertz CT molecular complexity index is 663. The molecule has 0 radical (unpaired) electrons. The highest BCUT2D eigenvalue weighted by molar-refractivity contribution is 7.99. The van der Waals surface area contributed by atoms with Gasteiger partial charge in [-0.2, -0.15) is 0 Å². The van der Waals surface area contributed by atoms with Gasteiger partial charge in [-0.3, -0.25) is 0 Å². The van der Waals surface area contributed by atoms with Crippen LogP contribution < -0.4 is 5.73 Å². The van der Waals surface area contributed by atoms with Crippen LogP contribution in [0.1, 0.15) is 51.0 Å². The third-order valence-corrected chi connectivity index (χ3v) is 5.26. The lowest BCUT2D eigenvalue weighted by Crippen LogP contribution is -2.11. The van der Waals surface area contributed by atoms with Crippen LogP contribution in [0.3, 0.4) is 0 Å². The Morgan fingerprint density at radius 2 is 1.88 bits per heavy atom. The van der Waals surface area contributed by atoms with E-state index >= 15 is 0 Å². The zero-order chi connectivity index (χ0) is 17.7. The molecule has 0 atom stereocenters. The van der Waals surface area contributed by atoms with E-state index in [0.29, 0.717) is 22.5 Å². The van der Waals surface area contributed by atoms with Gasteiger partial charge in [0.1, 0.15) is 10.9 Å². The minimum atomic E-state index is 0.349. The van der Waals surface area contributed by atoms with Crippen LogP contribution in [-0.2, 0) is 13.0 Å². The first-order valence-corrected chi connectivity index (χ1v) is 9.96. The van der Waals surface area contributed by atoms with Gasteiger partial charge in [-0.25, -0.2) is 4.98 Å². The molecule has 132 valence electrons. The monoisotopic (exact) mass is 385 g/mol. The number of hydrogen-bond donors (Lipinski definition) is 1. The van der Waals surface area contributed by atoms with Crippen LogP contribution in [-0.4, -0.2) is 16.1 Å². The van der Waals surface area contributed by atoms with E-state index in [9.17, 15) is 0 Å². The Kier molecular flexibility index (Phi) is 7.48. The van der Waals surface area contributed by atoms with E-state index in [1.807, 2.05) is 12.1 Å². The number of hydrogen-bond acceptors (Lipinski definition) is 3. The summed E-state index contributed by atoms with van der Waals surface area (Å²) in [4.78, 5) is 5.92. The lowest BCUT2D eigenvalue weighted by Gasteiger charge is -2.13. The quantitative estimate of drug-likeness (QED) is 0.627. The van der Waals surface area contributed by atoms with Gasteiger partial charge in [0.05, 0.1) is 5.69 Å². The molecule has 0 amide bonds. The number of benzene rings is 1. The van der Waals surface area contributed by atoms with Crippen molar-refractivity contribution in [3.05, 3.63) is 39.8 Å². The van der Waals surface area contributed by atoms with Crippen molar-refractivity contribution in [2.75, 3.05) is 6.54 Å². The van der Waals surface area contributed by atoms with Crippen LogP contribution in [0.4, 0.5) is 0 Å². The Morgan fingerprint density at radius 3 is 2.42 bits per heavy atom. The molecule has 2 aromatic rings. The highest BCUT2D eigenvalue weighted by atomic mass is 35.5. The second-order valence-corrected chi connectivity index (χ2v) is 8.06. The third kappa shape index (κ3) is 4.92. The van der Waals surface area contributed by atoms with Gasteiger partial charge in [0, 0.05) is 27.9 Å². The Hall–Kier alpha value is -0.680. The van der Waals surface area contributed by atoms with Crippen LogP contribution in [0.2, 0.25) is 10.0 Å². The predicted octanol–water partition coefficient (Wildman–Crippen LogP) is 5.77. The molecular formula is C18H25Cl2N3S. The maximum Gasteiger partial charge on any atom is 0.111 e. The van der Waals surface area contributed by atoms with Crippen LogP contribution >= 0.6 is 35.0 Å². The van der Waals surface area contributed by atoms with Crippen molar-refractivity contribution in [3.63, 3.8) is 0 Å². The van der Waals surface area contributed by atoms with E-state index in [4.69, 9.17) is 33.9 Å². The van der Waals surface area contributed by atoms with Crippen LogP contribution in [0.25, 0.3) is 0 Å². The van der Waals surface area contributed by atoms with Gasteiger partial charge in [-0.05, 0) is 37.1 Å². The third-order valence-electron chi connectivity index (χ3n) is 3.73. The van der Waals surface area contributed by atoms with Crippen LogP contribution in [0.15, 0.2) is 28.1 Å². The molecule has 0 aliphatic carbocycles. The molecule has 0 bridgehead atoms. The molecule has 1 aromatic heterocycles. The van der Waals surface area contributed by atoms with Crippen LogP contribution in [0, 0.1) is 0 Å². The van der Waals surface area contributed by atoms with Crippen molar-refractivity contribution < 1.29 is 0 Å². The van der Waals surface area contributed by atoms with Gasteiger partial charge < -0.3 is 10.3 Å². The number of nitrogens with zero attached hydrogens (tertiary/aromatic N) is 2. The molecule has 1 aromatic carbocycles. The van der Waals surface area contributed by atoms with Crippen LogP contribution in [0.5, 0.6) is 0 Å². The summed E-state index contributed by atoms with van der Waals surface area (Å²) < 4.78 is 2.32. The number of aromatic nitrogens is 2. The standard InChI is InChI=1S/C18H25Cl2N3S/c1-4-5-8-23-16(6-7-21)22-17(12(2)3)18(23)24-15-10-13(19)9-14(20)11-15/h9-12H,4-8,21H2,1-3H3. The second kappa shape index (κ2) is 9.14. The lowest BCUT2D eigenvalue weighted by molar-refractivity contribution is 0.565. The minimum Gasteiger partial charge on any atom is -0.330 e. The van der Waals surface area contributed by atoms with Crippen molar-refractivity contribution in [3.8, 4) is 0 Å². The number of rotatable bonds is 8. The van der Waals surface area contributed by atoms with E-state index in [-0.39, 0.29) is 0 Å². The van der Waals surface area contributed by atoms with Gasteiger partial charge in [0.2, 0.25) is 0 Å². The van der Waals surface area contributed by atoms with Gasteiger partial charge in [-0.1, -0.05) is 62.2 Å². The SMILES string of the molecule is CCCCn1c(CCN)nc(C(C)C)c1Sc1cc(Cl)cc(Cl)c1. The maximum atomic E-state index is 6.16. The first-order valence-electron chi connectivity index (χ1n) is 8.39. The Morgan fingerprint density at radius 1 is 1.21 bits per heavy atom. The number of halogens is 2. The van der Waals surface area contributed by atoms with E-state index in [1.165, 1.54) is 5.03 Å². The molecule has 0 spiro atoms. The van der Waals surface area contributed by atoms with E-state index < -0.39 is 0 Å². The highest BCUT2D eigenvalue weighted by Gasteiger charge is 2.20. The summed E-state index contributed by atoms with van der Waals surface area (Å²) in [6.07, 6.45) is 3.06. The van der Waals surface area contributed by atoms with Gasteiger partial charge >= 0.3 is 0 Å². The molecule has 2 rings (SSSR count). The first-order chi connectivity index (χ1) is 11.5. The number of imidazole rings is 1. The fraction of sp³-hybridized carbons (Fsp3) is 0.500. The molecule has 0 aliphatic rings. The van der Waals surface area contributed by atoms with E-state index in [1.54, 1.807) is 17.8 Å². The molecule has 3 nitrogen and oxygen atoms in total. The summed E-state index contributed by atoms with van der Waals surface area (Å²) in [5.74, 6) is 1.42. The topological polar surface area (TPSA) is 43.8 Å². The van der Waals surface area contributed by atoms with Crippen molar-refractivity contribution in [2.24, 2.45) is 5.73 Å². The van der Waals surface area contributed by atoms with Gasteiger partial charge in [-0.15, -0.1) is 0 Å². The molecule has 1 heterocycles. The van der Waals surface area contributed by atoms with E-state index in [0.717, 1.165) is 42.2 Å². The summed E-state index contributed by atoms with van der Waals surface area (Å²) in [5, 5.41) is 2.48. The molecule has 0 unspecified atom stereocenters. The predicted molar refractivity (Wildman–Crippen MR) is 105 cm³/mol. The number of unbranched alkanes of at least 4 members (excludes halogenated alkanes) is 1. The van der Waals surface area contributed by atoms with Gasteiger partial charge in [0.15, 0.2) is 0 Å². The Balaban J connectivity index is 2.47.